The lowest BCUT2D eigenvalue weighted by Crippen LogP contribution is -1.95. The van der Waals surface area contributed by atoms with E-state index in [-0.39, 0.29) is 0 Å². The maximum atomic E-state index is 4.94. The van der Waals surface area contributed by atoms with Crippen molar-refractivity contribution in [1.29, 1.82) is 0 Å². The number of rotatable bonds is 22. The lowest BCUT2D eigenvalue weighted by molar-refractivity contribution is 0.848. The van der Waals surface area contributed by atoms with E-state index in [1.165, 1.54) is 44.5 Å². The molecular weight excluding hydrogens is 1570 g/mol. The van der Waals surface area contributed by atoms with Crippen LogP contribution in [-0.4, -0.2) is 29.9 Å². The van der Waals surface area contributed by atoms with E-state index in [4.69, 9.17) is 29.9 Å². The third-order valence-electron chi connectivity index (χ3n) is 26.0. The number of aromatic nitrogens is 6. The molecule has 5 aromatic heterocycles. The summed E-state index contributed by atoms with van der Waals surface area (Å²) in [6.45, 7) is 26.6. The van der Waals surface area contributed by atoms with E-state index in [9.17, 15) is 0 Å². The van der Waals surface area contributed by atoms with Crippen LogP contribution in [-0.2, 0) is 0 Å². The van der Waals surface area contributed by atoms with Gasteiger partial charge in [0.05, 0.1) is 34.2 Å². The molecule has 6 heteroatoms. The molecule has 130 heavy (non-hydrogen) atoms. The van der Waals surface area contributed by atoms with E-state index >= 15 is 0 Å². The molecule has 0 saturated heterocycles. The van der Waals surface area contributed by atoms with Gasteiger partial charge < -0.3 is 0 Å². The minimum Gasteiger partial charge on any atom is -0.256 e. The van der Waals surface area contributed by atoms with E-state index in [1.54, 1.807) is 6.33 Å². The van der Waals surface area contributed by atoms with Gasteiger partial charge in [0, 0.05) is 58.2 Å². The number of hydrogen-bond acceptors (Lipinski definition) is 6. The van der Waals surface area contributed by atoms with Crippen LogP contribution in [0.1, 0.15) is 124 Å². The van der Waals surface area contributed by atoms with Gasteiger partial charge in [-0.05, 0) is 296 Å². The molecule has 0 radical (unpaired) electrons. The molecule has 0 aliphatic rings. The molecule has 0 aliphatic heterocycles. The normalized spacial score (nSPS) is 11.5. The minimum absolute atomic E-state index is 0.407. The van der Waals surface area contributed by atoms with Crippen LogP contribution in [0.5, 0.6) is 0 Å². The number of benzene rings is 14. The zero-order chi connectivity index (χ0) is 89.2. The van der Waals surface area contributed by atoms with Gasteiger partial charge in [-0.1, -0.05) is 347 Å². The Hall–Kier alpha value is -15.2. The van der Waals surface area contributed by atoms with E-state index < -0.39 is 0 Å². The van der Waals surface area contributed by atoms with Crippen molar-refractivity contribution >= 4 is 0 Å². The van der Waals surface area contributed by atoms with E-state index in [2.05, 4.69) is 441 Å². The fourth-order valence-corrected chi connectivity index (χ4v) is 19.0. The summed E-state index contributed by atoms with van der Waals surface area (Å²) < 4.78 is 0. The van der Waals surface area contributed by atoms with Gasteiger partial charge in [0.1, 0.15) is 6.33 Å². The second-order valence-corrected chi connectivity index (χ2v) is 35.9. The zero-order valence-electron chi connectivity index (χ0n) is 75.9. The number of hydrogen-bond donors (Lipinski definition) is 0. The maximum absolute atomic E-state index is 4.94. The summed E-state index contributed by atoms with van der Waals surface area (Å²) in [6, 6.07) is 132. The quantitative estimate of drug-likeness (QED) is 0.0673. The van der Waals surface area contributed by atoms with E-state index in [0.717, 1.165) is 201 Å². The Morgan fingerprint density at radius 2 is 0.285 bits per heavy atom. The highest BCUT2D eigenvalue weighted by molar-refractivity contribution is 5.98. The van der Waals surface area contributed by atoms with Crippen LogP contribution in [0, 0.1) is 27.7 Å². The number of pyridine rings is 4. The topological polar surface area (TPSA) is 77.3 Å². The Labute approximate surface area is 766 Å². The molecule has 0 unspecified atom stereocenters. The van der Waals surface area contributed by atoms with Crippen molar-refractivity contribution in [2.75, 3.05) is 0 Å². The van der Waals surface area contributed by atoms with Gasteiger partial charge in [-0.15, -0.1) is 0 Å². The molecule has 19 aromatic rings. The highest BCUT2D eigenvalue weighted by Crippen LogP contribution is 2.47. The summed E-state index contributed by atoms with van der Waals surface area (Å²) in [6.07, 6.45) is 9.87. The zero-order valence-corrected chi connectivity index (χ0v) is 75.9. The fourth-order valence-electron chi connectivity index (χ4n) is 19.0. The van der Waals surface area contributed by atoms with Crippen molar-refractivity contribution in [1.82, 2.24) is 29.9 Å². The van der Waals surface area contributed by atoms with Crippen molar-refractivity contribution in [3.63, 3.8) is 0 Å². The number of nitrogens with zero attached hydrogens (tertiary/aromatic N) is 6. The Morgan fingerprint density at radius 1 is 0.146 bits per heavy atom. The van der Waals surface area contributed by atoms with Crippen LogP contribution in [0.4, 0.5) is 0 Å². The molecule has 14 aromatic carbocycles. The Balaban J connectivity index is 0.642. The van der Waals surface area contributed by atoms with Gasteiger partial charge >= 0.3 is 0 Å². The first kappa shape index (κ1) is 84.3. The van der Waals surface area contributed by atoms with E-state index in [1.807, 2.05) is 24.8 Å². The van der Waals surface area contributed by atoms with Crippen molar-refractivity contribution in [3.8, 4) is 201 Å². The van der Waals surface area contributed by atoms with Crippen molar-refractivity contribution in [2.45, 2.75) is 107 Å². The molecule has 6 nitrogen and oxygen atoms in total. The SMILES string of the molecule is Cc1cc(-c2ccc(-c3ccccc3-c3cc(-c4ccccc4-c4ccc(-c5cc(-c6ccc(-c7ccccc7-c7cc(-c8ccccc8-c8ccc(-c9cc(C)c(C(C)C)cn9)cc8)cc(-c8ccccc8-c8ccc(-c9cc(C)c(C(C)C)cn9)cc8)c7)cc6)ncn5)cc4)cc(-c4ccccc4-c4ccc(-c5cc(C)c(C(C)C)cn5)cc4)c3)cc2)ncc1C(C)C. The first-order valence-corrected chi connectivity index (χ1v) is 45.6. The lowest BCUT2D eigenvalue weighted by Gasteiger charge is -2.18. The molecule has 0 amide bonds. The average Bonchev–Trinajstić information content (AvgIpc) is 0.767. The van der Waals surface area contributed by atoms with Crippen LogP contribution in [0.2, 0.25) is 0 Å². The Kier molecular flexibility index (Phi) is 23.7. The standard InChI is InChI=1S/C124H104N6/c1-77(2)115-72-125-119(61-81(115)9)91-49-37-85(38-50-91)103-25-13-19-31-109(103)97-65-98(110-32-20-14-26-104(110)86-39-51-92(52-40-86)120-62-82(10)116(73-126-120)78(3)4)68-101(67-97)113-35-23-17-29-107(113)89-45-57-95(58-46-89)123-71-124(130-76-129-123)96-59-47-90(48-60-96)108-30-18-24-36-114(108)102-69-99(111-33-21-15-27-105(111)87-41-53-93(54-42-87)121-63-83(11)117(74-127-121)79(5)6)66-100(70-102)112-34-22-16-28-106(112)88-43-55-94(56-44-88)122-64-84(12)118(75-128-122)80(7)8/h13-80H,1-12H3. The minimum atomic E-state index is 0.407. The molecule has 0 N–H and O–H groups in total. The second kappa shape index (κ2) is 36.6. The summed E-state index contributed by atoms with van der Waals surface area (Å²) >= 11 is 0. The summed E-state index contributed by atoms with van der Waals surface area (Å²) in [5, 5.41) is 0. The maximum Gasteiger partial charge on any atom is 0.116 e. The molecule has 0 fully saturated rings. The van der Waals surface area contributed by atoms with Gasteiger partial charge in [-0.3, -0.25) is 19.9 Å². The van der Waals surface area contributed by atoms with Crippen LogP contribution in [0.3, 0.4) is 0 Å². The van der Waals surface area contributed by atoms with Gasteiger partial charge in [0.25, 0.3) is 0 Å². The summed E-state index contributed by atoms with van der Waals surface area (Å²) in [5.41, 5.74) is 49.2. The summed E-state index contributed by atoms with van der Waals surface area (Å²) in [5.74, 6) is 1.63. The Bertz CT molecular complexity index is 6640. The fraction of sp³-hybridized carbons (Fsp3) is 0.129. The molecule has 0 aliphatic carbocycles. The molecule has 0 saturated carbocycles. The molecular formula is C124H104N6. The van der Waals surface area contributed by atoms with Crippen LogP contribution in [0.25, 0.3) is 201 Å². The second-order valence-electron chi connectivity index (χ2n) is 35.9. The first-order chi connectivity index (χ1) is 63.4. The highest BCUT2D eigenvalue weighted by Gasteiger charge is 2.23. The average molecular weight is 1680 g/mol. The van der Waals surface area contributed by atoms with Gasteiger partial charge in [0.2, 0.25) is 0 Å². The molecule has 0 spiro atoms. The third kappa shape index (κ3) is 17.4. The van der Waals surface area contributed by atoms with Crippen molar-refractivity contribution in [2.24, 2.45) is 0 Å². The summed E-state index contributed by atoms with van der Waals surface area (Å²) in [4.78, 5) is 29.7. The van der Waals surface area contributed by atoms with Crippen LogP contribution < -0.4 is 0 Å². The highest BCUT2D eigenvalue weighted by atomic mass is 14.8. The van der Waals surface area contributed by atoms with Gasteiger partial charge in [-0.25, -0.2) is 9.97 Å². The third-order valence-corrected chi connectivity index (χ3v) is 26.0. The van der Waals surface area contributed by atoms with E-state index in [0.29, 0.717) is 23.7 Å². The van der Waals surface area contributed by atoms with Gasteiger partial charge in [0.15, 0.2) is 0 Å². The van der Waals surface area contributed by atoms with Crippen molar-refractivity contribution < 1.29 is 0 Å². The molecule has 0 bridgehead atoms. The predicted molar refractivity (Wildman–Crippen MR) is 546 cm³/mol. The Morgan fingerprint density at radius 3 is 0.431 bits per heavy atom. The lowest BCUT2D eigenvalue weighted by atomic mass is 9.86. The molecule has 19 rings (SSSR count). The van der Waals surface area contributed by atoms with Crippen molar-refractivity contribution in [3.05, 3.63) is 434 Å². The van der Waals surface area contributed by atoms with Gasteiger partial charge in [-0.2, -0.15) is 0 Å². The predicted octanol–water partition coefficient (Wildman–Crippen LogP) is 33.8. The summed E-state index contributed by atoms with van der Waals surface area (Å²) in [7, 11) is 0. The van der Waals surface area contributed by atoms with Crippen LogP contribution >= 0.6 is 0 Å². The molecule has 630 valence electrons. The molecule has 0 atom stereocenters. The molecule has 5 heterocycles. The number of aryl methyl sites for hydroxylation is 4. The van der Waals surface area contributed by atoms with Crippen LogP contribution in [0.15, 0.2) is 389 Å². The largest absolute Gasteiger partial charge is 0.256 e. The monoisotopic (exact) mass is 1680 g/mol. The smallest absolute Gasteiger partial charge is 0.116 e. The first-order valence-electron chi connectivity index (χ1n) is 45.6.